The van der Waals surface area contributed by atoms with Crippen LogP contribution in [0.2, 0.25) is 0 Å². The van der Waals surface area contributed by atoms with Gasteiger partial charge in [0.05, 0.1) is 6.61 Å². The molecule has 3 aliphatic rings. The van der Waals surface area contributed by atoms with Crippen molar-refractivity contribution < 1.29 is 14.9 Å². The van der Waals surface area contributed by atoms with Crippen molar-refractivity contribution in [2.45, 2.75) is 50.0 Å². The first-order valence-corrected chi connectivity index (χ1v) is 12.4. The van der Waals surface area contributed by atoms with Crippen molar-refractivity contribution in [2.24, 2.45) is 0 Å². The van der Waals surface area contributed by atoms with Gasteiger partial charge in [-0.25, -0.2) is 0 Å². The summed E-state index contributed by atoms with van der Waals surface area (Å²) >= 11 is 0. The molecule has 2 unspecified atom stereocenters. The number of nitrogens with one attached hydrogen (secondary N) is 1. The normalized spacial score (nSPS) is 22.9. The lowest BCUT2D eigenvalue weighted by atomic mass is 9.72. The molecule has 4 nitrogen and oxygen atoms in total. The third-order valence-electron chi connectivity index (χ3n) is 7.85. The second kappa shape index (κ2) is 8.52. The van der Waals surface area contributed by atoms with Gasteiger partial charge in [-0.1, -0.05) is 30.7 Å². The molecule has 6 rings (SSSR count). The summed E-state index contributed by atoms with van der Waals surface area (Å²) in [5, 5.41) is 23.5. The first kappa shape index (κ1) is 21.3. The van der Waals surface area contributed by atoms with Gasteiger partial charge in [-0.05, 0) is 115 Å². The zero-order chi connectivity index (χ0) is 23.1. The minimum atomic E-state index is -0.174. The Balaban J connectivity index is 1.27. The maximum atomic E-state index is 10.1. The Morgan fingerprint density at radius 1 is 0.882 bits per heavy atom. The molecular formula is C30H31NO3. The van der Waals surface area contributed by atoms with E-state index in [1.807, 2.05) is 18.2 Å². The molecule has 34 heavy (non-hydrogen) atoms. The van der Waals surface area contributed by atoms with E-state index in [9.17, 15) is 10.2 Å². The third-order valence-corrected chi connectivity index (χ3v) is 7.85. The molecule has 174 valence electrons. The Hall–Kier alpha value is -3.24. The fourth-order valence-electron chi connectivity index (χ4n) is 6.16. The van der Waals surface area contributed by atoms with Crippen LogP contribution in [0, 0.1) is 0 Å². The van der Waals surface area contributed by atoms with E-state index >= 15 is 0 Å². The van der Waals surface area contributed by atoms with E-state index < -0.39 is 0 Å². The van der Waals surface area contributed by atoms with Crippen LogP contribution in [0.4, 0.5) is 0 Å². The lowest BCUT2D eigenvalue weighted by molar-refractivity contribution is 0.268. The van der Waals surface area contributed by atoms with E-state index in [1.54, 1.807) is 18.2 Å². The van der Waals surface area contributed by atoms with E-state index in [-0.39, 0.29) is 16.9 Å². The van der Waals surface area contributed by atoms with Crippen LogP contribution in [0.3, 0.4) is 0 Å². The Labute approximate surface area is 200 Å². The minimum absolute atomic E-state index is 0.174. The van der Waals surface area contributed by atoms with Gasteiger partial charge < -0.3 is 20.3 Å². The van der Waals surface area contributed by atoms with E-state index in [1.165, 1.54) is 41.5 Å². The highest BCUT2D eigenvalue weighted by Crippen LogP contribution is 2.55. The predicted octanol–water partition coefficient (Wildman–Crippen LogP) is 5.60. The highest BCUT2D eigenvalue weighted by Gasteiger charge is 2.46. The highest BCUT2D eigenvalue weighted by molar-refractivity contribution is 5.95. The van der Waals surface area contributed by atoms with Crippen LogP contribution in [0.1, 0.15) is 53.5 Å². The van der Waals surface area contributed by atoms with E-state index in [0.29, 0.717) is 6.04 Å². The average molecular weight is 454 g/mol. The summed E-state index contributed by atoms with van der Waals surface area (Å²) in [4.78, 5) is 0. The number of fused-ring (bicyclic) bond motifs is 3. The van der Waals surface area contributed by atoms with Gasteiger partial charge >= 0.3 is 0 Å². The summed E-state index contributed by atoms with van der Waals surface area (Å²) in [5.41, 5.74) is 7.20. The molecule has 2 atom stereocenters. The SMILES string of the molecule is Oc1ccc(C2=Cc3cc(O)ccc3C23Cc2ccc(OCCC4CCCCN4)cc2C3)cc1. The lowest BCUT2D eigenvalue weighted by Gasteiger charge is -2.30. The first-order chi connectivity index (χ1) is 16.6. The molecule has 0 bridgehead atoms. The molecule has 3 aromatic rings. The fourth-order valence-corrected chi connectivity index (χ4v) is 6.16. The lowest BCUT2D eigenvalue weighted by Crippen LogP contribution is -2.35. The van der Waals surface area contributed by atoms with Gasteiger partial charge in [-0.15, -0.1) is 0 Å². The van der Waals surface area contributed by atoms with Crippen molar-refractivity contribution >= 4 is 11.6 Å². The van der Waals surface area contributed by atoms with Crippen molar-refractivity contribution in [1.29, 1.82) is 0 Å². The van der Waals surface area contributed by atoms with Gasteiger partial charge in [0.25, 0.3) is 0 Å². The maximum absolute atomic E-state index is 10.1. The summed E-state index contributed by atoms with van der Waals surface area (Å²) in [7, 11) is 0. The Morgan fingerprint density at radius 2 is 1.71 bits per heavy atom. The van der Waals surface area contributed by atoms with E-state index in [0.717, 1.165) is 49.3 Å². The molecular weight excluding hydrogens is 422 g/mol. The van der Waals surface area contributed by atoms with Crippen molar-refractivity contribution in [1.82, 2.24) is 5.32 Å². The molecule has 1 spiro atoms. The zero-order valence-corrected chi connectivity index (χ0v) is 19.4. The van der Waals surface area contributed by atoms with Crippen molar-refractivity contribution in [3.05, 3.63) is 88.5 Å². The molecule has 2 aliphatic carbocycles. The van der Waals surface area contributed by atoms with Crippen molar-refractivity contribution in [3.63, 3.8) is 0 Å². The van der Waals surface area contributed by atoms with Crippen LogP contribution < -0.4 is 10.1 Å². The predicted molar refractivity (Wildman–Crippen MR) is 135 cm³/mol. The Morgan fingerprint density at radius 3 is 2.53 bits per heavy atom. The fraction of sp³-hybridized carbons (Fsp3) is 0.333. The van der Waals surface area contributed by atoms with Gasteiger partial charge in [0.15, 0.2) is 0 Å². The van der Waals surface area contributed by atoms with Crippen LogP contribution in [-0.4, -0.2) is 29.4 Å². The number of benzene rings is 3. The summed E-state index contributed by atoms with van der Waals surface area (Å²) in [5.74, 6) is 1.51. The Bertz CT molecular complexity index is 1240. The zero-order valence-electron chi connectivity index (χ0n) is 19.4. The smallest absolute Gasteiger partial charge is 0.119 e. The number of ether oxygens (including phenoxy) is 1. The molecule has 1 heterocycles. The topological polar surface area (TPSA) is 61.7 Å². The summed E-state index contributed by atoms with van der Waals surface area (Å²) in [6, 6.07) is 20.4. The van der Waals surface area contributed by atoms with Crippen molar-refractivity contribution in [3.8, 4) is 17.2 Å². The molecule has 1 aliphatic heterocycles. The van der Waals surface area contributed by atoms with E-state index in [2.05, 4.69) is 35.7 Å². The number of hydrogen-bond acceptors (Lipinski definition) is 4. The van der Waals surface area contributed by atoms with Crippen LogP contribution in [0.5, 0.6) is 17.2 Å². The number of allylic oxidation sites excluding steroid dienone is 1. The molecule has 0 saturated carbocycles. The monoisotopic (exact) mass is 453 g/mol. The quantitative estimate of drug-likeness (QED) is 0.471. The largest absolute Gasteiger partial charge is 0.508 e. The average Bonchev–Trinajstić information content (AvgIpc) is 3.37. The van der Waals surface area contributed by atoms with E-state index in [4.69, 9.17) is 4.74 Å². The summed E-state index contributed by atoms with van der Waals surface area (Å²) < 4.78 is 6.18. The number of rotatable bonds is 5. The standard InChI is InChI=1S/C30H31NO3/c32-25-7-4-20(5-8-25)29-17-22-15-26(33)9-11-28(22)30(29)18-21-6-10-27(16-23(21)19-30)34-14-12-24-3-1-2-13-31-24/h4-11,15-17,24,31-33H,1-3,12-14,18-19H2. The molecule has 0 amide bonds. The minimum Gasteiger partial charge on any atom is -0.508 e. The van der Waals surface area contributed by atoms with Crippen LogP contribution in [0.25, 0.3) is 11.6 Å². The number of hydrogen-bond donors (Lipinski definition) is 3. The number of phenolic OH excluding ortho intramolecular Hbond substituents is 2. The first-order valence-electron chi connectivity index (χ1n) is 12.4. The molecule has 0 radical (unpaired) electrons. The number of aromatic hydroxyl groups is 2. The van der Waals surface area contributed by atoms with Gasteiger partial charge in [0, 0.05) is 11.5 Å². The summed E-state index contributed by atoms with van der Waals surface area (Å²) in [6.45, 7) is 1.87. The second-order valence-corrected chi connectivity index (χ2v) is 10.0. The van der Waals surface area contributed by atoms with Crippen LogP contribution >= 0.6 is 0 Å². The second-order valence-electron chi connectivity index (χ2n) is 10.0. The molecule has 1 fully saturated rings. The Kier molecular flexibility index (Phi) is 5.34. The molecule has 0 aromatic heterocycles. The van der Waals surface area contributed by atoms with Gasteiger partial charge in [-0.2, -0.15) is 0 Å². The highest BCUT2D eigenvalue weighted by atomic mass is 16.5. The van der Waals surface area contributed by atoms with Crippen LogP contribution in [-0.2, 0) is 18.3 Å². The molecule has 3 N–H and O–H groups in total. The van der Waals surface area contributed by atoms with Gasteiger partial charge in [0.1, 0.15) is 17.2 Å². The number of phenols is 2. The molecule has 3 aromatic carbocycles. The maximum Gasteiger partial charge on any atom is 0.119 e. The molecule has 4 heteroatoms. The number of piperidine rings is 1. The van der Waals surface area contributed by atoms with Gasteiger partial charge in [-0.3, -0.25) is 0 Å². The summed E-state index contributed by atoms with van der Waals surface area (Å²) in [6.07, 6.45) is 8.92. The van der Waals surface area contributed by atoms with Crippen LogP contribution in [0.15, 0.2) is 60.7 Å². The third kappa shape index (κ3) is 3.76. The van der Waals surface area contributed by atoms with Gasteiger partial charge in [0.2, 0.25) is 0 Å². The molecule has 1 saturated heterocycles. The van der Waals surface area contributed by atoms with Crippen molar-refractivity contribution in [2.75, 3.05) is 13.2 Å².